The molecule has 1 aromatic rings. The number of aryl methyl sites for hydroxylation is 1. The van der Waals surface area contributed by atoms with E-state index in [9.17, 15) is 4.79 Å². The summed E-state index contributed by atoms with van der Waals surface area (Å²) >= 11 is 5.65. The number of rotatable bonds is 3. The summed E-state index contributed by atoms with van der Waals surface area (Å²) in [6, 6.07) is 7.98. The molecule has 0 saturated carbocycles. The van der Waals surface area contributed by atoms with Crippen molar-refractivity contribution in [3.8, 4) is 0 Å². The van der Waals surface area contributed by atoms with Crippen molar-refractivity contribution in [1.29, 1.82) is 0 Å². The van der Waals surface area contributed by atoms with Gasteiger partial charge in [0.2, 0.25) is 0 Å². The highest BCUT2D eigenvalue weighted by Crippen LogP contribution is 2.10. The number of carbonyl (C=O) groups is 1. The average molecular weight is 209 g/mol. The first-order valence-electron chi connectivity index (χ1n) is 4.47. The van der Waals surface area contributed by atoms with Gasteiger partial charge in [-0.1, -0.05) is 29.8 Å². The van der Waals surface area contributed by atoms with Crippen LogP contribution >= 0.6 is 11.6 Å². The van der Waals surface area contributed by atoms with E-state index >= 15 is 0 Å². The summed E-state index contributed by atoms with van der Waals surface area (Å²) in [6.45, 7) is 3.56. The summed E-state index contributed by atoms with van der Waals surface area (Å²) in [7, 11) is 0. The Morgan fingerprint density at radius 3 is 2.36 bits per heavy atom. The first-order valence-corrected chi connectivity index (χ1v) is 5.01. The molecule has 1 nitrogen and oxygen atoms in total. The van der Waals surface area contributed by atoms with Crippen LogP contribution in [0.2, 0.25) is 0 Å². The Labute approximate surface area is 89.4 Å². The summed E-state index contributed by atoms with van der Waals surface area (Å²) < 4.78 is 0. The third kappa shape index (κ3) is 3.00. The van der Waals surface area contributed by atoms with Crippen LogP contribution in [0.3, 0.4) is 0 Å². The second-order valence-electron chi connectivity index (χ2n) is 3.27. The number of carbonyl (C=O) groups excluding carboxylic acids is 1. The molecule has 0 heterocycles. The van der Waals surface area contributed by atoms with Crippen molar-refractivity contribution < 1.29 is 4.79 Å². The highest BCUT2D eigenvalue weighted by atomic mass is 35.5. The predicted octanol–water partition coefficient (Wildman–Crippen LogP) is 3.21. The van der Waals surface area contributed by atoms with Gasteiger partial charge in [0.25, 0.3) is 0 Å². The van der Waals surface area contributed by atoms with Gasteiger partial charge in [-0.3, -0.25) is 4.79 Å². The topological polar surface area (TPSA) is 17.1 Å². The molecular formula is C12H13ClO. The summed E-state index contributed by atoms with van der Waals surface area (Å²) in [5.74, 6) is 0.295. The Bertz CT molecular complexity index is 349. The number of ketones is 1. The molecule has 0 N–H and O–H groups in total. The Kier molecular flexibility index (Phi) is 3.90. The van der Waals surface area contributed by atoms with E-state index in [-0.39, 0.29) is 11.7 Å². The molecule has 1 rings (SSSR count). The van der Waals surface area contributed by atoms with Gasteiger partial charge in [-0.15, -0.1) is 11.6 Å². The van der Waals surface area contributed by atoms with Gasteiger partial charge in [0.05, 0.1) is 5.88 Å². The minimum Gasteiger partial charge on any atom is -0.295 e. The monoisotopic (exact) mass is 208 g/mol. The number of hydrogen-bond donors (Lipinski definition) is 0. The lowest BCUT2D eigenvalue weighted by Crippen LogP contribution is -1.97. The van der Waals surface area contributed by atoms with Crippen LogP contribution in [0.15, 0.2) is 29.8 Å². The molecule has 0 aliphatic carbocycles. The molecule has 0 saturated heterocycles. The first kappa shape index (κ1) is 11.0. The summed E-state index contributed by atoms with van der Waals surface area (Å²) in [4.78, 5) is 11.1. The van der Waals surface area contributed by atoms with Crippen LogP contribution in [0.5, 0.6) is 0 Å². The molecule has 0 aromatic heterocycles. The Balaban J connectivity index is 2.95. The zero-order valence-corrected chi connectivity index (χ0v) is 9.14. The van der Waals surface area contributed by atoms with E-state index in [0.29, 0.717) is 5.57 Å². The fourth-order valence-corrected chi connectivity index (χ4v) is 1.36. The van der Waals surface area contributed by atoms with Gasteiger partial charge in [0.1, 0.15) is 0 Å². The number of benzene rings is 1. The predicted molar refractivity (Wildman–Crippen MR) is 60.6 cm³/mol. The molecule has 0 radical (unpaired) electrons. The van der Waals surface area contributed by atoms with Crippen molar-refractivity contribution in [2.24, 2.45) is 0 Å². The van der Waals surface area contributed by atoms with Gasteiger partial charge in [-0.05, 0) is 25.5 Å². The SMILES string of the molecule is CC(=O)C(=Cc1ccc(C)cc1)CCl. The second-order valence-corrected chi connectivity index (χ2v) is 3.54. The van der Waals surface area contributed by atoms with Crippen LogP contribution in [-0.4, -0.2) is 11.7 Å². The highest BCUT2D eigenvalue weighted by molar-refractivity contribution is 6.23. The van der Waals surface area contributed by atoms with Gasteiger partial charge >= 0.3 is 0 Å². The lowest BCUT2D eigenvalue weighted by atomic mass is 10.1. The zero-order valence-electron chi connectivity index (χ0n) is 8.38. The number of Topliss-reactive ketones (excluding diaryl/α,β-unsaturated/α-hetero) is 1. The van der Waals surface area contributed by atoms with Gasteiger partial charge in [-0.2, -0.15) is 0 Å². The molecular weight excluding hydrogens is 196 g/mol. The molecule has 2 heteroatoms. The van der Waals surface area contributed by atoms with Gasteiger partial charge in [0.15, 0.2) is 5.78 Å². The molecule has 0 spiro atoms. The molecule has 14 heavy (non-hydrogen) atoms. The number of halogens is 1. The maximum atomic E-state index is 11.1. The average Bonchev–Trinajstić information content (AvgIpc) is 2.16. The van der Waals surface area contributed by atoms with Crippen molar-refractivity contribution in [1.82, 2.24) is 0 Å². The van der Waals surface area contributed by atoms with Gasteiger partial charge in [0, 0.05) is 5.57 Å². The largest absolute Gasteiger partial charge is 0.295 e. The zero-order chi connectivity index (χ0) is 10.6. The lowest BCUT2D eigenvalue weighted by molar-refractivity contribution is -0.113. The van der Waals surface area contributed by atoms with E-state index < -0.39 is 0 Å². The first-order chi connectivity index (χ1) is 6.63. The van der Waals surface area contributed by atoms with Crippen LogP contribution in [-0.2, 0) is 4.79 Å². The maximum absolute atomic E-state index is 11.1. The molecule has 0 atom stereocenters. The van der Waals surface area contributed by atoms with Crippen LogP contribution in [0.25, 0.3) is 6.08 Å². The van der Waals surface area contributed by atoms with Crippen LogP contribution < -0.4 is 0 Å². The lowest BCUT2D eigenvalue weighted by Gasteiger charge is -1.99. The van der Waals surface area contributed by atoms with Crippen molar-refractivity contribution in [3.05, 3.63) is 41.0 Å². The Hall–Kier alpha value is -1.08. The van der Waals surface area contributed by atoms with Crippen molar-refractivity contribution >= 4 is 23.5 Å². The molecule has 74 valence electrons. The van der Waals surface area contributed by atoms with Gasteiger partial charge < -0.3 is 0 Å². The van der Waals surface area contributed by atoms with E-state index in [0.717, 1.165) is 5.56 Å². The normalized spacial score (nSPS) is 11.5. The number of hydrogen-bond acceptors (Lipinski definition) is 1. The van der Waals surface area contributed by atoms with E-state index in [2.05, 4.69) is 0 Å². The van der Waals surface area contributed by atoms with Crippen LogP contribution in [0.1, 0.15) is 18.1 Å². The fraction of sp³-hybridized carbons (Fsp3) is 0.250. The van der Waals surface area contributed by atoms with Crippen molar-refractivity contribution in [3.63, 3.8) is 0 Å². The van der Waals surface area contributed by atoms with Crippen LogP contribution in [0, 0.1) is 6.92 Å². The molecule has 0 aliphatic rings. The summed E-state index contributed by atoms with van der Waals surface area (Å²) in [6.07, 6.45) is 1.83. The van der Waals surface area contributed by atoms with Crippen molar-refractivity contribution in [2.75, 3.05) is 5.88 Å². The van der Waals surface area contributed by atoms with E-state index in [1.807, 2.05) is 37.3 Å². The highest BCUT2D eigenvalue weighted by Gasteiger charge is 2.01. The van der Waals surface area contributed by atoms with Crippen molar-refractivity contribution in [2.45, 2.75) is 13.8 Å². The minimum atomic E-state index is 0.0283. The van der Waals surface area contributed by atoms with E-state index in [1.165, 1.54) is 12.5 Å². The Morgan fingerprint density at radius 1 is 1.36 bits per heavy atom. The third-order valence-electron chi connectivity index (χ3n) is 2.01. The standard InChI is InChI=1S/C12H13ClO/c1-9-3-5-11(6-4-9)7-12(8-13)10(2)14/h3-7H,8H2,1-2H3. The molecule has 1 aromatic carbocycles. The van der Waals surface area contributed by atoms with Crippen LogP contribution in [0.4, 0.5) is 0 Å². The maximum Gasteiger partial charge on any atom is 0.157 e. The number of allylic oxidation sites excluding steroid dienone is 1. The smallest absolute Gasteiger partial charge is 0.157 e. The summed E-state index contributed by atoms with van der Waals surface area (Å²) in [5, 5.41) is 0. The molecule has 0 amide bonds. The molecule has 0 bridgehead atoms. The summed E-state index contributed by atoms with van der Waals surface area (Å²) in [5.41, 5.74) is 2.87. The fourth-order valence-electron chi connectivity index (χ4n) is 1.10. The van der Waals surface area contributed by atoms with Gasteiger partial charge in [-0.25, -0.2) is 0 Å². The second kappa shape index (κ2) is 4.97. The third-order valence-corrected chi connectivity index (χ3v) is 2.30. The molecule has 0 fully saturated rings. The molecule has 0 unspecified atom stereocenters. The molecule has 0 aliphatic heterocycles. The number of alkyl halides is 1. The van der Waals surface area contributed by atoms with E-state index in [1.54, 1.807) is 0 Å². The minimum absolute atomic E-state index is 0.0283. The Morgan fingerprint density at radius 2 is 1.93 bits per heavy atom. The van der Waals surface area contributed by atoms with E-state index in [4.69, 9.17) is 11.6 Å². The quantitative estimate of drug-likeness (QED) is 0.551.